The van der Waals surface area contributed by atoms with Crippen molar-refractivity contribution in [2.24, 2.45) is 0 Å². The van der Waals surface area contributed by atoms with E-state index < -0.39 is 0 Å². The normalized spacial score (nSPS) is 8.65. The van der Waals surface area contributed by atoms with Gasteiger partial charge in [-0.3, -0.25) is 0 Å². The van der Waals surface area contributed by atoms with Gasteiger partial charge in [0.05, 0.1) is 5.57 Å². The van der Waals surface area contributed by atoms with E-state index >= 15 is 0 Å². The van der Waals surface area contributed by atoms with Gasteiger partial charge in [0.25, 0.3) is 0 Å². The summed E-state index contributed by atoms with van der Waals surface area (Å²) in [6.45, 7) is 2.49. The second-order valence-electron chi connectivity index (χ2n) is 3.66. The molecule has 0 saturated carbocycles. The number of allylic oxidation sites excluding steroid dienone is 2. The number of rotatable bonds is 6. The van der Waals surface area contributed by atoms with Crippen LogP contribution >= 0.6 is 0 Å². The molecular formula is C15H22O2. The van der Waals surface area contributed by atoms with Crippen LogP contribution in [0.2, 0.25) is 0 Å². The van der Waals surface area contributed by atoms with Crippen LogP contribution in [0.15, 0.2) is 11.6 Å². The van der Waals surface area contributed by atoms with Crippen molar-refractivity contribution in [3.8, 4) is 23.7 Å². The highest BCUT2D eigenvalue weighted by Gasteiger charge is 1.86. The summed E-state index contributed by atoms with van der Waals surface area (Å²) in [7, 11) is 0. The van der Waals surface area contributed by atoms with Crippen molar-refractivity contribution in [2.45, 2.75) is 45.4 Å². The fourth-order valence-electron chi connectivity index (χ4n) is 1.07. The van der Waals surface area contributed by atoms with Crippen molar-refractivity contribution in [1.82, 2.24) is 0 Å². The Morgan fingerprint density at radius 1 is 1.00 bits per heavy atom. The molecule has 0 spiro atoms. The number of aliphatic hydroxyl groups is 2. The Labute approximate surface area is 105 Å². The van der Waals surface area contributed by atoms with Crippen LogP contribution in [0.5, 0.6) is 0 Å². The molecule has 0 bridgehead atoms. The highest BCUT2D eigenvalue weighted by Crippen LogP contribution is 1.98. The molecule has 0 atom stereocenters. The molecule has 0 aromatic rings. The van der Waals surface area contributed by atoms with Gasteiger partial charge in [-0.15, -0.1) is 0 Å². The SMILES string of the molecule is CCCC=C(C#CCCCO)C#CCCCO. The molecule has 0 aromatic carbocycles. The molecule has 0 saturated heterocycles. The number of unbranched alkanes of at least 4 members (excludes halogenated alkanes) is 3. The van der Waals surface area contributed by atoms with Gasteiger partial charge in [0.15, 0.2) is 0 Å². The van der Waals surface area contributed by atoms with E-state index in [9.17, 15) is 0 Å². The quantitative estimate of drug-likeness (QED) is 0.547. The molecule has 17 heavy (non-hydrogen) atoms. The predicted molar refractivity (Wildman–Crippen MR) is 71.2 cm³/mol. The topological polar surface area (TPSA) is 40.5 Å². The third kappa shape index (κ3) is 11.1. The Bertz CT molecular complexity index is 292. The van der Waals surface area contributed by atoms with Gasteiger partial charge in [0, 0.05) is 26.1 Å². The smallest absolute Gasteiger partial charge is 0.0704 e. The Morgan fingerprint density at radius 3 is 1.94 bits per heavy atom. The van der Waals surface area contributed by atoms with Gasteiger partial charge in [-0.05, 0) is 19.3 Å². The first-order chi connectivity index (χ1) is 8.35. The molecule has 0 aliphatic rings. The van der Waals surface area contributed by atoms with Crippen LogP contribution < -0.4 is 0 Å². The third-order valence-electron chi connectivity index (χ3n) is 2.00. The highest BCUT2D eigenvalue weighted by atomic mass is 16.3. The first-order valence-electron chi connectivity index (χ1n) is 6.24. The Hall–Kier alpha value is -1.22. The molecule has 0 fully saturated rings. The molecular weight excluding hydrogens is 212 g/mol. The zero-order valence-corrected chi connectivity index (χ0v) is 10.6. The summed E-state index contributed by atoms with van der Waals surface area (Å²) < 4.78 is 0. The summed E-state index contributed by atoms with van der Waals surface area (Å²) in [6, 6.07) is 0. The molecule has 2 N–H and O–H groups in total. The fourth-order valence-corrected chi connectivity index (χ4v) is 1.07. The van der Waals surface area contributed by atoms with Crippen LogP contribution in [0.25, 0.3) is 0 Å². The van der Waals surface area contributed by atoms with E-state index in [-0.39, 0.29) is 13.2 Å². The van der Waals surface area contributed by atoms with Crippen LogP contribution in [-0.4, -0.2) is 23.4 Å². The molecule has 0 aliphatic heterocycles. The van der Waals surface area contributed by atoms with Crippen LogP contribution in [0.3, 0.4) is 0 Å². The molecule has 0 rings (SSSR count). The number of hydrogen-bond acceptors (Lipinski definition) is 2. The van der Waals surface area contributed by atoms with Crippen molar-refractivity contribution >= 4 is 0 Å². The van der Waals surface area contributed by atoms with Gasteiger partial charge in [0.2, 0.25) is 0 Å². The molecule has 2 heteroatoms. The third-order valence-corrected chi connectivity index (χ3v) is 2.00. The first kappa shape index (κ1) is 15.8. The number of aliphatic hydroxyl groups excluding tert-OH is 2. The lowest BCUT2D eigenvalue weighted by Crippen LogP contribution is -1.81. The zero-order valence-electron chi connectivity index (χ0n) is 10.6. The second-order valence-corrected chi connectivity index (χ2v) is 3.66. The van der Waals surface area contributed by atoms with Crippen LogP contribution in [0.1, 0.15) is 45.4 Å². The molecule has 0 radical (unpaired) electrons. The Kier molecular flexibility index (Phi) is 11.9. The van der Waals surface area contributed by atoms with E-state index in [1.807, 2.05) is 0 Å². The molecule has 0 unspecified atom stereocenters. The molecule has 94 valence electrons. The largest absolute Gasteiger partial charge is 0.396 e. The highest BCUT2D eigenvalue weighted by molar-refractivity contribution is 5.44. The lowest BCUT2D eigenvalue weighted by atomic mass is 10.2. The molecule has 0 amide bonds. The van der Waals surface area contributed by atoms with Crippen molar-refractivity contribution < 1.29 is 10.2 Å². The lowest BCUT2D eigenvalue weighted by Gasteiger charge is -1.89. The van der Waals surface area contributed by atoms with Gasteiger partial charge in [0.1, 0.15) is 0 Å². The van der Waals surface area contributed by atoms with E-state index in [4.69, 9.17) is 10.2 Å². The summed E-state index contributed by atoms with van der Waals surface area (Å²) in [6.07, 6.45) is 6.96. The summed E-state index contributed by atoms with van der Waals surface area (Å²) in [4.78, 5) is 0. The van der Waals surface area contributed by atoms with Gasteiger partial charge in [-0.25, -0.2) is 0 Å². The van der Waals surface area contributed by atoms with Crippen molar-refractivity contribution in [1.29, 1.82) is 0 Å². The summed E-state index contributed by atoms with van der Waals surface area (Å²) in [5, 5.41) is 17.3. The van der Waals surface area contributed by atoms with Crippen molar-refractivity contribution in [2.75, 3.05) is 13.2 Å². The average Bonchev–Trinajstić information content (AvgIpc) is 2.35. The predicted octanol–water partition coefficient (Wildman–Crippen LogP) is 2.26. The van der Waals surface area contributed by atoms with Crippen molar-refractivity contribution in [3.63, 3.8) is 0 Å². The minimum atomic E-state index is 0.185. The van der Waals surface area contributed by atoms with E-state index in [0.717, 1.165) is 18.4 Å². The Morgan fingerprint density at radius 2 is 1.53 bits per heavy atom. The van der Waals surface area contributed by atoms with Gasteiger partial charge in [-0.1, -0.05) is 43.1 Å². The van der Waals surface area contributed by atoms with Crippen LogP contribution in [-0.2, 0) is 0 Å². The maximum Gasteiger partial charge on any atom is 0.0704 e. The van der Waals surface area contributed by atoms with Gasteiger partial charge in [-0.2, -0.15) is 0 Å². The van der Waals surface area contributed by atoms with E-state index in [1.54, 1.807) is 0 Å². The van der Waals surface area contributed by atoms with E-state index in [1.165, 1.54) is 0 Å². The average molecular weight is 234 g/mol. The standard InChI is InChI=1S/C15H22O2/c1-2-3-10-15(11-6-4-8-13-16)12-7-5-9-14-17/h10,16-17H,2-5,8-9,13-14H2,1H3. The Balaban J connectivity index is 4.29. The fraction of sp³-hybridized carbons (Fsp3) is 0.600. The zero-order chi connectivity index (χ0) is 12.8. The van der Waals surface area contributed by atoms with Gasteiger partial charge < -0.3 is 10.2 Å². The molecule has 2 nitrogen and oxygen atoms in total. The molecule has 0 aliphatic carbocycles. The van der Waals surface area contributed by atoms with E-state index in [2.05, 4.69) is 36.7 Å². The summed E-state index contributed by atoms with van der Waals surface area (Å²) >= 11 is 0. The molecule has 0 heterocycles. The van der Waals surface area contributed by atoms with Gasteiger partial charge >= 0.3 is 0 Å². The molecule has 0 aromatic heterocycles. The summed E-state index contributed by atoms with van der Waals surface area (Å²) in [5.74, 6) is 12.1. The van der Waals surface area contributed by atoms with Crippen LogP contribution in [0, 0.1) is 23.7 Å². The minimum Gasteiger partial charge on any atom is -0.396 e. The van der Waals surface area contributed by atoms with Crippen LogP contribution in [0.4, 0.5) is 0 Å². The summed E-state index contributed by atoms with van der Waals surface area (Å²) in [5.41, 5.74) is 0.864. The maximum absolute atomic E-state index is 8.64. The number of hydrogen-bond donors (Lipinski definition) is 2. The monoisotopic (exact) mass is 234 g/mol. The maximum atomic E-state index is 8.64. The van der Waals surface area contributed by atoms with Crippen molar-refractivity contribution in [3.05, 3.63) is 11.6 Å². The first-order valence-corrected chi connectivity index (χ1v) is 6.24. The van der Waals surface area contributed by atoms with E-state index in [0.29, 0.717) is 25.7 Å². The second kappa shape index (κ2) is 12.8. The lowest BCUT2D eigenvalue weighted by molar-refractivity contribution is 0.290. The minimum absolute atomic E-state index is 0.185.